The lowest BCUT2D eigenvalue weighted by Crippen LogP contribution is -2.29. The molecule has 0 aromatic rings. The van der Waals surface area contributed by atoms with Gasteiger partial charge >= 0.3 is 11.8 Å². The Morgan fingerprint density at radius 2 is 1.40 bits per heavy atom. The molecule has 0 aliphatic heterocycles. The Morgan fingerprint density at radius 3 is 1.40 bits per heavy atom. The van der Waals surface area contributed by atoms with E-state index in [4.69, 9.17) is 15.3 Å². The molecule has 0 heterocycles. The van der Waals surface area contributed by atoms with Crippen molar-refractivity contribution in [1.82, 2.24) is 0 Å². The minimum atomic E-state index is -1.50. The zero-order valence-corrected chi connectivity index (χ0v) is 4.68. The predicted octanol–water partition coefficient (Wildman–Crippen LogP) is -2.39. The molecule has 0 aliphatic carbocycles. The molecule has 8 heteroatoms. The molecule has 10 heavy (non-hydrogen) atoms. The molecule has 0 unspecified atom stereocenters. The number of nitrogens with zero attached hydrogens (tertiary/aromatic N) is 1. The van der Waals surface area contributed by atoms with Gasteiger partial charge in [0, 0.05) is 0 Å². The van der Waals surface area contributed by atoms with E-state index in [-0.39, 0.29) is 0 Å². The van der Waals surface area contributed by atoms with E-state index in [2.05, 4.69) is 11.5 Å². The van der Waals surface area contributed by atoms with Crippen LogP contribution in [0.3, 0.4) is 0 Å². The summed E-state index contributed by atoms with van der Waals surface area (Å²) in [5.74, 6) is -2.20. The maximum absolute atomic E-state index is 9.45. The highest BCUT2D eigenvalue weighted by Gasteiger charge is 1.96. The molecule has 5 N–H and O–H groups in total. The average molecular weight is 151 g/mol. The number of hydrogen-bond donors (Lipinski definition) is 3. The minimum absolute atomic E-state index is 1.10. The Bertz CT molecular complexity index is 137. The number of primary amides is 2. The molecule has 0 aromatic heterocycles. The molecule has 0 spiro atoms. The lowest BCUT2D eigenvalue weighted by molar-refractivity contribution is -0.742. The lowest BCUT2D eigenvalue weighted by Gasteiger charge is -1.75. The zero-order chi connectivity index (χ0) is 8.73. The monoisotopic (exact) mass is 151 g/mol. The third-order valence-electron chi connectivity index (χ3n) is 0.243. The van der Waals surface area contributed by atoms with Crippen molar-refractivity contribution in [2.75, 3.05) is 0 Å². The summed E-state index contributed by atoms with van der Waals surface area (Å²) in [6.07, 6.45) is 0. The van der Waals surface area contributed by atoms with E-state index in [9.17, 15) is 9.59 Å². The number of nitrogens with two attached hydrogens (primary N) is 2. The Morgan fingerprint density at radius 1 is 1.30 bits per heavy atom. The molecule has 0 aromatic carbocycles. The van der Waals surface area contributed by atoms with Crippen molar-refractivity contribution in [2.24, 2.45) is 11.5 Å². The van der Waals surface area contributed by atoms with Crippen LogP contribution < -0.4 is 11.5 Å². The van der Waals surface area contributed by atoms with E-state index in [0.717, 1.165) is 0 Å². The van der Waals surface area contributed by atoms with Crippen molar-refractivity contribution in [3.05, 3.63) is 10.1 Å². The van der Waals surface area contributed by atoms with Gasteiger partial charge in [0.2, 0.25) is 0 Å². The summed E-state index contributed by atoms with van der Waals surface area (Å²) in [6.45, 7) is 0. The van der Waals surface area contributed by atoms with E-state index in [0.29, 0.717) is 0 Å². The highest BCUT2D eigenvalue weighted by Crippen LogP contribution is 1.44. The summed E-state index contributed by atoms with van der Waals surface area (Å²) >= 11 is 0. The zero-order valence-electron chi connectivity index (χ0n) is 4.68. The van der Waals surface area contributed by atoms with Crippen molar-refractivity contribution in [3.8, 4) is 0 Å². The largest absolute Gasteiger partial charge is 0.361 e. The number of hydrogen-bond acceptors (Lipinski definition) is 4. The highest BCUT2D eigenvalue weighted by molar-refractivity contribution is 6.33. The van der Waals surface area contributed by atoms with Crippen LogP contribution in [-0.2, 0) is 9.59 Å². The van der Waals surface area contributed by atoms with Gasteiger partial charge in [0.25, 0.3) is 5.09 Å². The van der Waals surface area contributed by atoms with E-state index >= 15 is 0 Å². The summed E-state index contributed by atoms with van der Waals surface area (Å²) in [7, 11) is 0. The second-order valence-corrected chi connectivity index (χ2v) is 0.966. The lowest BCUT2D eigenvalue weighted by atomic mass is 10.6. The average Bonchev–Trinajstić information content (AvgIpc) is 1.63. The summed E-state index contributed by atoms with van der Waals surface area (Å²) in [5, 5.41) is 13.6. The van der Waals surface area contributed by atoms with Crippen LogP contribution in [0.4, 0.5) is 0 Å². The fourth-order valence-corrected chi connectivity index (χ4v) is 0. The Labute approximate surface area is 54.5 Å². The topological polar surface area (TPSA) is 150 Å². The van der Waals surface area contributed by atoms with Crippen LogP contribution in [0.15, 0.2) is 0 Å². The van der Waals surface area contributed by atoms with Crippen molar-refractivity contribution in [1.29, 1.82) is 0 Å². The van der Waals surface area contributed by atoms with Gasteiger partial charge in [-0.15, -0.1) is 10.1 Å². The second-order valence-electron chi connectivity index (χ2n) is 0.966. The third kappa shape index (κ3) is 35.4. The Balaban J connectivity index is 0. The molecule has 0 saturated heterocycles. The molecule has 0 bridgehead atoms. The molecule has 0 saturated carbocycles. The normalized spacial score (nSPS) is 6.80. The standard InChI is InChI=1S/C2H4N2O2.HNO3/c3-1(5)2(4)6;2-1(3)4/h(H2,3,5)(H2,4,6);(H,2,3,4). The van der Waals surface area contributed by atoms with Crippen molar-refractivity contribution < 1.29 is 19.9 Å². The summed E-state index contributed by atoms with van der Waals surface area (Å²) in [6, 6.07) is 0. The molecule has 8 nitrogen and oxygen atoms in total. The summed E-state index contributed by atoms with van der Waals surface area (Å²) in [4.78, 5) is 27.3. The van der Waals surface area contributed by atoms with Gasteiger partial charge in [-0.3, -0.25) is 9.59 Å². The molecule has 2 amide bonds. The number of carbonyl (C=O) groups excluding carboxylic acids is 2. The van der Waals surface area contributed by atoms with Gasteiger partial charge in [-0.2, -0.15) is 0 Å². The van der Waals surface area contributed by atoms with E-state index < -0.39 is 16.9 Å². The molecule has 0 atom stereocenters. The second kappa shape index (κ2) is 5.28. The molecular formula is C2H5N3O5. The molecule has 58 valence electrons. The fourth-order valence-electron chi connectivity index (χ4n) is 0. The van der Waals surface area contributed by atoms with Crippen LogP contribution in [0.2, 0.25) is 0 Å². The minimum Gasteiger partial charge on any atom is -0.361 e. The highest BCUT2D eigenvalue weighted by atomic mass is 16.9. The SMILES string of the molecule is NC(=O)C(N)=O.O=[N+]([O-])O. The fraction of sp³-hybridized carbons (Fsp3) is 0. The molecule has 0 fully saturated rings. The van der Waals surface area contributed by atoms with Crippen molar-refractivity contribution in [2.45, 2.75) is 0 Å². The van der Waals surface area contributed by atoms with Crippen LogP contribution in [0.5, 0.6) is 0 Å². The van der Waals surface area contributed by atoms with Crippen LogP contribution in [-0.4, -0.2) is 22.1 Å². The van der Waals surface area contributed by atoms with Gasteiger partial charge in [-0.25, -0.2) is 0 Å². The smallest absolute Gasteiger partial charge is 0.306 e. The van der Waals surface area contributed by atoms with Crippen LogP contribution in [0.25, 0.3) is 0 Å². The van der Waals surface area contributed by atoms with Crippen LogP contribution in [0, 0.1) is 10.1 Å². The molecule has 0 aliphatic rings. The molecule has 0 rings (SSSR count). The predicted molar refractivity (Wildman–Crippen MR) is 27.2 cm³/mol. The first-order chi connectivity index (χ1) is 4.37. The van der Waals surface area contributed by atoms with Gasteiger partial charge in [-0.05, 0) is 0 Å². The molecular weight excluding hydrogens is 146 g/mol. The van der Waals surface area contributed by atoms with E-state index in [1.165, 1.54) is 0 Å². The van der Waals surface area contributed by atoms with E-state index in [1.54, 1.807) is 0 Å². The van der Waals surface area contributed by atoms with Crippen molar-refractivity contribution in [3.63, 3.8) is 0 Å². The number of amides is 2. The first kappa shape index (κ1) is 11.0. The summed E-state index contributed by atoms with van der Waals surface area (Å²) in [5.41, 5.74) is 8.64. The van der Waals surface area contributed by atoms with Gasteiger partial charge in [-0.1, -0.05) is 0 Å². The maximum atomic E-state index is 9.45. The van der Waals surface area contributed by atoms with E-state index in [1.807, 2.05) is 0 Å². The van der Waals surface area contributed by atoms with Gasteiger partial charge in [0.15, 0.2) is 0 Å². The first-order valence-corrected chi connectivity index (χ1v) is 1.80. The third-order valence-corrected chi connectivity index (χ3v) is 0.243. The quantitative estimate of drug-likeness (QED) is 0.200. The van der Waals surface area contributed by atoms with Crippen LogP contribution >= 0.6 is 0 Å². The van der Waals surface area contributed by atoms with Gasteiger partial charge < -0.3 is 16.7 Å². The molecule has 0 radical (unpaired) electrons. The Kier molecular flexibility index (Phi) is 5.81. The van der Waals surface area contributed by atoms with Gasteiger partial charge in [0.1, 0.15) is 0 Å². The summed E-state index contributed by atoms with van der Waals surface area (Å²) < 4.78 is 0. The van der Waals surface area contributed by atoms with Crippen molar-refractivity contribution >= 4 is 11.8 Å². The number of rotatable bonds is 0. The van der Waals surface area contributed by atoms with Crippen LogP contribution in [0.1, 0.15) is 0 Å². The maximum Gasteiger partial charge on any atom is 0.306 e. The number of carbonyl (C=O) groups is 2. The first-order valence-electron chi connectivity index (χ1n) is 1.80. The van der Waals surface area contributed by atoms with Gasteiger partial charge in [0.05, 0.1) is 0 Å². The Hall–Kier alpha value is -1.86.